The molecule has 0 atom stereocenters. The first kappa shape index (κ1) is 20.5. The van der Waals surface area contributed by atoms with E-state index in [-0.39, 0.29) is 5.76 Å². The van der Waals surface area contributed by atoms with Crippen molar-refractivity contribution in [3.8, 4) is 0 Å². The maximum Gasteiger partial charge on any atom is 0.307 e. The molecular formula is C22H19Cl2N3O3. The summed E-state index contributed by atoms with van der Waals surface area (Å²) < 4.78 is 13.0. The van der Waals surface area contributed by atoms with Gasteiger partial charge in [0, 0.05) is 40.0 Å². The highest BCUT2D eigenvalue weighted by Gasteiger charge is 2.15. The molecule has 0 unspecified atom stereocenters. The summed E-state index contributed by atoms with van der Waals surface area (Å²) >= 11 is 12.6. The van der Waals surface area contributed by atoms with Gasteiger partial charge in [-0.25, -0.2) is 5.43 Å². The Kier molecular flexibility index (Phi) is 6.08. The molecule has 0 aliphatic rings. The van der Waals surface area contributed by atoms with Crippen LogP contribution in [0.5, 0.6) is 0 Å². The Balaban J connectivity index is 1.55. The second kappa shape index (κ2) is 8.92. The number of fused-ring (bicyclic) bond motifs is 2. The lowest BCUT2D eigenvalue weighted by molar-refractivity contribution is 0.0929. The molecule has 0 saturated heterocycles. The van der Waals surface area contributed by atoms with E-state index in [2.05, 4.69) is 10.5 Å². The van der Waals surface area contributed by atoms with Gasteiger partial charge in [0.05, 0.1) is 12.8 Å². The van der Waals surface area contributed by atoms with Crippen molar-refractivity contribution in [2.24, 2.45) is 5.10 Å². The Morgan fingerprint density at radius 1 is 1.23 bits per heavy atom. The molecule has 0 aliphatic carbocycles. The van der Waals surface area contributed by atoms with Crippen LogP contribution in [0, 0.1) is 0 Å². The lowest BCUT2D eigenvalue weighted by Gasteiger charge is -2.06. The second-order valence-electron chi connectivity index (χ2n) is 6.56. The van der Waals surface area contributed by atoms with Gasteiger partial charge in [-0.3, -0.25) is 4.79 Å². The van der Waals surface area contributed by atoms with Crippen LogP contribution in [0.25, 0.3) is 21.9 Å². The van der Waals surface area contributed by atoms with Crippen LogP contribution >= 0.6 is 23.2 Å². The number of para-hydroxylation sites is 1. The summed E-state index contributed by atoms with van der Waals surface area (Å²) in [5.74, 6) is -0.315. The van der Waals surface area contributed by atoms with Crippen molar-refractivity contribution in [2.45, 2.75) is 13.5 Å². The zero-order chi connectivity index (χ0) is 21.1. The highest BCUT2D eigenvalue weighted by atomic mass is 35.5. The van der Waals surface area contributed by atoms with Crippen molar-refractivity contribution in [1.29, 1.82) is 0 Å². The lowest BCUT2D eigenvalue weighted by atomic mass is 10.2. The number of carbonyl (C=O) groups is 1. The maximum absolute atomic E-state index is 12.4. The molecule has 1 N–H and O–H groups in total. The Hall–Kier alpha value is -2.80. The van der Waals surface area contributed by atoms with Gasteiger partial charge in [0.1, 0.15) is 10.7 Å². The van der Waals surface area contributed by atoms with Gasteiger partial charge in [-0.05, 0) is 37.3 Å². The van der Waals surface area contributed by atoms with Gasteiger partial charge >= 0.3 is 5.91 Å². The van der Waals surface area contributed by atoms with Gasteiger partial charge in [0.2, 0.25) is 0 Å². The summed E-state index contributed by atoms with van der Waals surface area (Å²) in [5, 5.41) is 6.88. The highest BCUT2D eigenvalue weighted by molar-refractivity contribution is 6.34. The third-order valence-electron chi connectivity index (χ3n) is 4.67. The second-order valence-corrected chi connectivity index (χ2v) is 7.36. The minimum Gasteiger partial charge on any atom is -0.451 e. The van der Waals surface area contributed by atoms with Crippen LogP contribution in [-0.4, -0.2) is 29.9 Å². The molecule has 1 amide bonds. The average molecular weight is 444 g/mol. The van der Waals surface area contributed by atoms with Crippen LogP contribution in [0.4, 0.5) is 0 Å². The number of rotatable bonds is 7. The summed E-state index contributed by atoms with van der Waals surface area (Å²) in [6.07, 6.45) is 1.54. The van der Waals surface area contributed by atoms with E-state index in [0.29, 0.717) is 35.5 Å². The lowest BCUT2D eigenvalue weighted by Crippen LogP contribution is -2.16. The van der Waals surface area contributed by atoms with E-state index in [1.165, 1.54) is 0 Å². The van der Waals surface area contributed by atoms with E-state index in [1.807, 2.05) is 35.8 Å². The number of nitrogens with zero attached hydrogens (tertiary/aromatic N) is 2. The van der Waals surface area contributed by atoms with E-state index < -0.39 is 5.91 Å². The summed E-state index contributed by atoms with van der Waals surface area (Å²) in [6, 6.07) is 14.6. The smallest absolute Gasteiger partial charge is 0.307 e. The number of hydrazone groups is 1. The van der Waals surface area contributed by atoms with Crippen LogP contribution in [0.3, 0.4) is 0 Å². The molecule has 0 radical (unpaired) electrons. The fourth-order valence-corrected chi connectivity index (χ4v) is 3.78. The molecule has 4 rings (SSSR count). The van der Waals surface area contributed by atoms with Crippen LogP contribution < -0.4 is 5.43 Å². The summed E-state index contributed by atoms with van der Waals surface area (Å²) in [4.78, 5) is 12.4. The van der Waals surface area contributed by atoms with Crippen molar-refractivity contribution >= 4 is 57.2 Å². The fraction of sp³-hybridized carbons (Fsp3) is 0.182. The minimum absolute atomic E-state index is 0.148. The number of amides is 1. The SMILES string of the molecule is CCOCCn1c(Cl)c(/C=N/NC(=O)c2cc3cc(Cl)ccc3o2)c2ccccc21. The van der Waals surface area contributed by atoms with E-state index in [4.69, 9.17) is 32.4 Å². The number of furan rings is 1. The third-order valence-corrected chi connectivity index (χ3v) is 5.31. The molecule has 30 heavy (non-hydrogen) atoms. The van der Waals surface area contributed by atoms with E-state index in [1.54, 1.807) is 30.5 Å². The number of benzene rings is 2. The van der Waals surface area contributed by atoms with Crippen molar-refractivity contribution in [1.82, 2.24) is 9.99 Å². The summed E-state index contributed by atoms with van der Waals surface area (Å²) in [6.45, 7) is 3.77. The molecule has 2 heterocycles. The molecule has 4 aromatic rings. The van der Waals surface area contributed by atoms with Crippen molar-refractivity contribution in [3.63, 3.8) is 0 Å². The van der Waals surface area contributed by atoms with E-state index in [9.17, 15) is 4.79 Å². The number of carbonyl (C=O) groups excluding carboxylic acids is 1. The van der Waals surface area contributed by atoms with E-state index in [0.717, 1.165) is 21.9 Å². The normalized spacial score (nSPS) is 11.7. The number of ether oxygens (including phenoxy) is 1. The molecule has 0 spiro atoms. The fourth-order valence-electron chi connectivity index (χ4n) is 3.28. The quantitative estimate of drug-likeness (QED) is 0.233. The molecule has 154 valence electrons. The van der Waals surface area contributed by atoms with Crippen molar-refractivity contribution < 1.29 is 13.9 Å². The van der Waals surface area contributed by atoms with Gasteiger partial charge < -0.3 is 13.7 Å². The molecule has 6 nitrogen and oxygen atoms in total. The van der Waals surface area contributed by atoms with Gasteiger partial charge in [0.25, 0.3) is 0 Å². The van der Waals surface area contributed by atoms with Crippen molar-refractivity contribution in [2.75, 3.05) is 13.2 Å². The number of hydrogen-bond acceptors (Lipinski definition) is 4. The maximum atomic E-state index is 12.4. The summed E-state index contributed by atoms with van der Waals surface area (Å²) in [7, 11) is 0. The molecule has 0 bridgehead atoms. The molecule has 2 aromatic heterocycles. The number of halogens is 2. The molecule has 0 saturated carbocycles. The topological polar surface area (TPSA) is 68.8 Å². The molecule has 0 aliphatic heterocycles. The Bertz CT molecular complexity index is 1240. The largest absolute Gasteiger partial charge is 0.451 e. The van der Waals surface area contributed by atoms with E-state index >= 15 is 0 Å². The monoisotopic (exact) mass is 443 g/mol. The van der Waals surface area contributed by atoms with Crippen LogP contribution in [-0.2, 0) is 11.3 Å². The summed E-state index contributed by atoms with van der Waals surface area (Å²) in [5.41, 5.74) is 4.76. The molecule has 2 aromatic carbocycles. The van der Waals surface area contributed by atoms with Gasteiger partial charge in [-0.15, -0.1) is 0 Å². The van der Waals surface area contributed by atoms with Crippen LogP contribution in [0.2, 0.25) is 10.2 Å². The van der Waals surface area contributed by atoms with Gasteiger partial charge in [-0.2, -0.15) is 5.10 Å². The van der Waals surface area contributed by atoms with Crippen molar-refractivity contribution in [3.05, 3.63) is 70.0 Å². The molecule has 8 heteroatoms. The Morgan fingerprint density at radius 3 is 2.90 bits per heavy atom. The Morgan fingerprint density at radius 2 is 2.07 bits per heavy atom. The van der Waals surface area contributed by atoms with Gasteiger partial charge in [0.15, 0.2) is 5.76 Å². The highest BCUT2D eigenvalue weighted by Crippen LogP contribution is 2.29. The first-order valence-electron chi connectivity index (χ1n) is 9.45. The number of nitrogens with one attached hydrogen (secondary N) is 1. The standard InChI is InChI=1S/C22H19Cl2N3O3/c1-2-29-10-9-27-18-6-4-3-5-16(18)17(21(27)24)13-25-26-22(28)20-12-14-11-15(23)7-8-19(14)30-20/h3-8,11-13H,2,9-10H2,1H3,(H,26,28)/b25-13+. The third kappa shape index (κ3) is 4.07. The molecular weight excluding hydrogens is 425 g/mol. The predicted molar refractivity (Wildman–Crippen MR) is 120 cm³/mol. The number of hydrogen-bond donors (Lipinski definition) is 1. The Labute approximate surface area is 183 Å². The first-order valence-corrected chi connectivity index (χ1v) is 10.2. The average Bonchev–Trinajstić information content (AvgIpc) is 3.28. The molecule has 0 fully saturated rings. The zero-order valence-electron chi connectivity index (χ0n) is 16.2. The minimum atomic E-state index is -0.463. The van der Waals surface area contributed by atoms with Gasteiger partial charge in [-0.1, -0.05) is 41.4 Å². The first-order chi connectivity index (χ1) is 14.6. The van der Waals surface area contributed by atoms with Crippen LogP contribution in [0.15, 0.2) is 58.0 Å². The predicted octanol–water partition coefficient (Wildman–Crippen LogP) is 5.49. The van der Waals surface area contributed by atoms with Crippen LogP contribution in [0.1, 0.15) is 23.0 Å². The zero-order valence-corrected chi connectivity index (χ0v) is 17.7. The number of aromatic nitrogens is 1.